The van der Waals surface area contributed by atoms with Crippen molar-refractivity contribution in [3.05, 3.63) is 0 Å². The largest absolute Gasteiger partial charge is 0.327 e. The number of carbonyl (C=O) groups is 2. The first-order valence-corrected chi connectivity index (χ1v) is 5.50. The number of piperidine rings is 1. The van der Waals surface area contributed by atoms with E-state index in [2.05, 4.69) is 17.8 Å². The molecule has 1 aliphatic rings. The molecule has 0 spiro atoms. The molecule has 1 aliphatic heterocycles. The predicted molar refractivity (Wildman–Crippen MR) is 60.2 cm³/mol. The molecule has 2 atom stereocenters. The number of rotatable bonds is 2. The molecule has 0 radical (unpaired) electrons. The molecule has 0 aromatic heterocycles. The van der Waals surface area contributed by atoms with Crippen molar-refractivity contribution in [2.24, 2.45) is 11.7 Å². The molecule has 0 bridgehead atoms. The van der Waals surface area contributed by atoms with Crippen LogP contribution in [-0.2, 0) is 9.59 Å². The number of carbonyl (C=O) groups excluding carboxylic acids is 2. The van der Waals surface area contributed by atoms with Crippen LogP contribution < -0.4 is 16.6 Å². The van der Waals surface area contributed by atoms with Crippen molar-refractivity contribution >= 4 is 11.8 Å². The molecular formula is C10H20N4O2. The Bertz CT molecular complexity index is 260. The Kier molecular flexibility index (Phi) is 4.70. The predicted octanol–water partition coefficient (Wildman–Crippen LogP) is -1.18. The highest BCUT2D eigenvalue weighted by Gasteiger charge is 2.23. The van der Waals surface area contributed by atoms with Gasteiger partial charge in [0.05, 0.1) is 6.54 Å². The number of nitrogens with one attached hydrogen (secondary N) is 2. The smallest absolute Gasteiger partial charge is 0.252 e. The van der Waals surface area contributed by atoms with E-state index in [1.807, 2.05) is 4.90 Å². The highest BCUT2D eigenvalue weighted by Crippen LogP contribution is 2.14. The molecule has 1 saturated heterocycles. The zero-order chi connectivity index (χ0) is 12.1. The number of amides is 2. The highest BCUT2D eigenvalue weighted by molar-refractivity contribution is 5.81. The number of hydrogen-bond acceptors (Lipinski definition) is 4. The molecule has 1 fully saturated rings. The van der Waals surface area contributed by atoms with Crippen LogP contribution in [0.3, 0.4) is 0 Å². The van der Waals surface area contributed by atoms with Crippen LogP contribution in [0.1, 0.15) is 20.3 Å². The topological polar surface area (TPSA) is 87.5 Å². The minimum absolute atomic E-state index is 0.136. The molecule has 1 heterocycles. The van der Waals surface area contributed by atoms with Crippen LogP contribution in [0.15, 0.2) is 0 Å². The fourth-order valence-corrected chi connectivity index (χ4v) is 2.04. The van der Waals surface area contributed by atoms with E-state index < -0.39 is 0 Å². The van der Waals surface area contributed by atoms with E-state index >= 15 is 0 Å². The maximum Gasteiger partial charge on any atom is 0.252 e. The Labute approximate surface area is 95.5 Å². The third-order valence-electron chi connectivity index (χ3n) is 2.51. The van der Waals surface area contributed by atoms with Crippen LogP contribution >= 0.6 is 0 Å². The van der Waals surface area contributed by atoms with Crippen LogP contribution in [0.25, 0.3) is 0 Å². The van der Waals surface area contributed by atoms with Crippen molar-refractivity contribution in [2.75, 3.05) is 19.6 Å². The number of nitrogens with zero attached hydrogens (tertiary/aromatic N) is 1. The van der Waals surface area contributed by atoms with Crippen LogP contribution in [0.2, 0.25) is 0 Å². The Hall–Kier alpha value is -1.14. The van der Waals surface area contributed by atoms with E-state index in [-0.39, 0.29) is 24.4 Å². The number of hydrazine groups is 1. The zero-order valence-corrected chi connectivity index (χ0v) is 9.82. The summed E-state index contributed by atoms with van der Waals surface area (Å²) in [6.45, 7) is 5.36. The summed E-state index contributed by atoms with van der Waals surface area (Å²) in [6, 6.07) is 0.136. The summed E-state index contributed by atoms with van der Waals surface area (Å²) >= 11 is 0. The van der Waals surface area contributed by atoms with Gasteiger partial charge in [-0.2, -0.15) is 0 Å². The molecule has 6 heteroatoms. The average Bonchev–Trinajstić information content (AvgIpc) is 2.12. The van der Waals surface area contributed by atoms with Crippen LogP contribution in [0.4, 0.5) is 0 Å². The summed E-state index contributed by atoms with van der Waals surface area (Å²) in [7, 11) is 0. The molecule has 0 saturated carbocycles. The Morgan fingerprint density at radius 3 is 2.62 bits per heavy atom. The van der Waals surface area contributed by atoms with E-state index in [4.69, 9.17) is 5.73 Å². The first kappa shape index (κ1) is 12.9. The maximum atomic E-state index is 11.4. The monoisotopic (exact) mass is 228 g/mol. The van der Waals surface area contributed by atoms with Crippen LogP contribution in [0, 0.1) is 5.92 Å². The molecule has 0 aromatic carbocycles. The molecule has 0 aromatic rings. The summed E-state index contributed by atoms with van der Waals surface area (Å²) in [5.41, 5.74) is 10.5. The second-order valence-electron chi connectivity index (χ2n) is 4.52. The summed E-state index contributed by atoms with van der Waals surface area (Å²) in [4.78, 5) is 24.0. The van der Waals surface area contributed by atoms with Gasteiger partial charge in [0.15, 0.2) is 0 Å². The van der Waals surface area contributed by atoms with Crippen molar-refractivity contribution in [1.29, 1.82) is 0 Å². The van der Waals surface area contributed by atoms with E-state index in [0.29, 0.717) is 5.92 Å². The van der Waals surface area contributed by atoms with E-state index in [1.165, 1.54) is 6.92 Å². The highest BCUT2D eigenvalue weighted by atomic mass is 16.2. The van der Waals surface area contributed by atoms with Crippen molar-refractivity contribution in [2.45, 2.75) is 26.3 Å². The number of hydrogen-bond donors (Lipinski definition) is 3. The van der Waals surface area contributed by atoms with E-state index in [9.17, 15) is 9.59 Å². The van der Waals surface area contributed by atoms with E-state index in [1.54, 1.807) is 0 Å². The van der Waals surface area contributed by atoms with Gasteiger partial charge in [0.1, 0.15) is 0 Å². The fraction of sp³-hybridized carbons (Fsp3) is 0.800. The minimum Gasteiger partial charge on any atom is -0.327 e. The Balaban J connectivity index is 2.30. The standard InChI is InChI=1S/C10H20N4O2/c1-7-3-9(11)5-14(4-7)6-10(16)13-12-8(2)15/h7,9H,3-6,11H2,1-2H3,(H,12,15)(H,13,16). The first-order valence-electron chi connectivity index (χ1n) is 5.50. The molecule has 16 heavy (non-hydrogen) atoms. The van der Waals surface area contributed by atoms with Gasteiger partial charge in [-0.3, -0.25) is 25.3 Å². The molecule has 1 rings (SSSR count). The maximum absolute atomic E-state index is 11.4. The van der Waals surface area contributed by atoms with Crippen LogP contribution in [-0.4, -0.2) is 42.4 Å². The summed E-state index contributed by atoms with van der Waals surface area (Å²) < 4.78 is 0. The summed E-state index contributed by atoms with van der Waals surface area (Å²) in [5, 5.41) is 0. The third-order valence-corrected chi connectivity index (χ3v) is 2.51. The lowest BCUT2D eigenvalue weighted by atomic mass is 9.97. The first-order chi connectivity index (χ1) is 7.47. The molecule has 2 amide bonds. The Morgan fingerprint density at radius 1 is 1.38 bits per heavy atom. The van der Waals surface area contributed by atoms with Gasteiger partial charge >= 0.3 is 0 Å². The summed E-state index contributed by atoms with van der Waals surface area (Å²) in [6.07, 6.45) is 1.00. The van der Waals surface area contributed by atoms with E-state index in [0.717, 1.165) is 19.5 Å². The lowest BCUT2D eigenvalue weighted by molar-refractivity contribution is -0.128. The van der Waals surface area contributed by atoms with Gasteiger partial charge in [-0.15, -0.1) is 0 Å². The second kappa shape index (κ2) is 5.81. The lowest BCUT2D eigenvalue weighted by Crippen LogP contribution is -2.51. The van der Waals surface area contributed by atoms with Crippen molar-refractivity contribution in [1.82, 2.24) is 15.8 Å². The quantitative estimate of drug-likeness (QED) is 0.519. The minimum atomic E-state index is -0.280. The molecule has 0 aliphatic carbocycles. The van der Waals surface area contributed by atoms with Gasteiger partial charge in [0, 0.05) is 26.1 Å². The SMILES string of the molecule is CC(=O)NNC(=O)CN1CC(C)CC(N)C1. The molecule has 92 valence electrons. The molecular weight excluding hydrogens is 208 g/mol. The van der Waals surface area contributed by atoms with Gasteiger partial charge in [-0.25, -0.2) is 0 Å². The normalized spacial score (nSPS) is 26.2. The number of likely N-dealkylation sites (tertiary alicyclic amines) is 1. The second-order valence-corrected chi connectivity index (χ2v) is 4.52. The third kappa shape index (κ3) is 4.59. The molecule has 4 N–H and O–H groups in total. The van der Waals surface area contributed by atoms with Gasteiger partial charge in [-0.1, -0.05) is 6.92 Å². The van der Waals surface area contributed by atoms with Gasteiger partial charge in [-0.05, 0) is 12.3 Å². The van der Waals surface area contributed by atoms with Crippen molar-refractivity contribution in [3.8, 4) is 0 Å². The average molecular weight is 228 g/mol. The summed E-state index contributed by atoms with van der Waals surface area (Å²) in [5.74, 6) is 0.0193. The van der Waals surface area contributed by atoms with Gasteiger partial charge < -0.3 is 5.73 Å². The van der Waals surface area contributed by atoms with Crippen molar-refractivity contribution < 1.29 is 9.59 Å². The van der Waals surface area contributed by atoms with Crippen molar-refractivity contribution in [3.63, 3.8) is 0 Å². The molecule has 2 unspecified atom stereocenters. The number of nitrogens with two attached hydrogens (primary N) is 1. The lowest BCUT2D eigenvalue weighted by Gasteiger charge is -2.34. The Morgan fingerprint density at radius 2 is 2.06 bits per heavy atom. The van der Waals surface area contributed by atoms with Gasteiger partial charge in [0.2, 0.25) is 5.91 Å². The zero-order valence-electron chi connectivity index (χ0n) is 9.82. The fourth-order valence-electron chi connectivity index (χ4n) is 2.04. The van der Waals surface area contributed by atoms with Crippen LogP contribution in [0.5, 0.6) is 0 Å². The molecule has 6 nitrogen and oxygen atoms in total. The van der Waals surface area contributed by atoms with Gasteiger partial charge in [0.25, 0.3) is 5.91 Å².